The maximum atomic E-state index is 13.3. The second-order valence-corrected chi connectivity index (χ2v) is 10.4. The van der Waals surface area contributed by atoms with Crippen molar-refractivity contribution in [1.82, 2.24) is 4.90 Å². The summed E-state index contributed by atoms with van der Waals surface area (Å²) in [5, 5.41) is 0. The van der Waals surface area contributed by atoms with Crippen LogP contribution < -0.4 is 0 Å². The third-order valence-corrected chi connectivity index (χ3v) is 6.60. The van der Waals surface area contributed by atoms with Gasteiger partial charge in [0.15, 0.2) is 0 Å². The van der Waals surface area contributed by atoms with E-state index in [2.05, 4.69) is 86.3 Å². The highest BCUT2D eigenvalue weighted by atomic mass is 16.6. The molecule has 0 aromatic heterocycles. The highest BCUT2D eigenvalue weighted by Gasteiger charge is 2.47. The second kappa shape index (κ2) is 9.99. The molecule has 2 aromatic carbocycles. The van der Waals surface area contributed by atoms with Gasteiger partial charge in [0.1, 0.15) is 5.60 Å². The Morgan fingerprint density at radius 3 is 2.10 bits per heavy atom. The molecule has 1 aliphatic carbocycles. The molecule has 3 nitrogen and oxygen atoms in total. The molecule has 0 saturated heterocycles. The van der Waals surface area contributed by atoms with Crippen LogP contribution in [0.15, 0.2) is 60.7 Å². The van der Waals surface area contributed by atoms with Gasteiger partial charge in [-0.2, -0.15) is 0 Å². The van der Waals surface area contributed by atoms with Crippen molar-refractivity contribution in [2.24, 2.45) is 17.8 Å². The van der Waals surface area contributed by atoms with Crippen molar-refractivity contribution in [3.8, 4) is 0 Å². The van der Waals surface area contributed by atoms with Crippen molar-refractivity contribution in [3.05, 3.63) is 71.8 Å². The minimum Gasteiger partial charge on any atom is -0.460 e. The third-order valence-electron chi connectivity index (χ3n) is 6.60. The van der Waals surface area contributed by atoms with Crippen LogP contribution in [0.2, 0.25) is 0 Å². The number of esters is 1. The fourth-order valence-corrected chi connectivity index (χ4v) is 5.07. The Morgan fingerprint density at radius 2 is 1.55 bits per heavy atom. The minimum absolute atomic E-state index is 0.0426. The lowest BCUT2D eigenvalue weighted by Gasteiger charge is -2.41. The lowest BCUT2D eigenvalue weighted by Crippen LogP contribution is -2.47. The van der Waals surface area contributed by atoms with E-state index in [0.717, 1.165) is 19.4 Å². The molecule has 3 rings (SSSR count). The molecule has 2 aromatic rings. The summed E-state index contributed by atoms with van der Waals surface area (Å²) in [4.78, 5) is 15.9. The van der Waals surface area contributed by atoms with Gasteiger partial charge in [0.2, 0.25) is 0 Å². The average Bonchev–Trinajstić information content (AvgIpc) is 3.17. The Labute approximate surface area is 188 Å². The van der Waals surface area contributed by atoms with E-state index in [1.54, 1.807) is 0 Å². The van der Waals surface area contributed by atoms with Gasteiger partial charge in [0.25, 0.3) is 0 Å². The fraction of sp³-hybridized carbons (Fsp3) is 0.536. The van der Waals surface area contributed by atoms with Crippen molar-refractivity contribution in [2.45, 2.75) is 78.6 Å². The van der Waals surface area contributed by atoms with Crippen molar-refractivity contribution in [1.29, 1.82) is 0 Å². The SMILES string of the molecule is CC(C)[C@H]1CC[C@H](C(=O)OC(C)(C)C)[C@@H]1N(Cc1ccccc1)[C@@H](C)c1ccccc1. The Hall–Kier alpha value is -2.13. The molecular formula is C28H39NO2. The van der Waals surface area contributed by atoms with E-state index in [0.29, 0.717) is 11.8 Å². The van der Waals surface area contributed by atoms with Crippen LogP contribution in [-0.2, 0) is 16.1 Å². The summed E-state index contributed by atoms with van der Waals surface area (Å²) >= 11 is 0. The molecule has 0 aliphatic heterocycles. The second-order valence-electron chi connectivity index (χ2n) is 10.4. The zero-order valence-electron chi connectivity index (χ0n) is 20.0. The minimum atomic E-state index is -0.465. The summed E-state index contributed by atoms with van der Waals surface area (Å²) in [5.41, 5.74) is 2.10. The zero-order chi connectivity index (χ0) is 22.6. The van der Waals surface area contributed by atoms with E-state index in [1.165, 1.54) is 11.1 Å². The summed E-state index contributed by atoms with van der Waals surface area (Å²) in [6, 6.07) is 21.7. The first kappa shape index (κ1) is 23.5. The van der Waals surface area contributed by atoms with Crippen LogP contribution in [-0.4, -0.2) is 22.5 Å². The van der Waals surface area contributed by atoms with Gasteiger partial charge in [0, 0.05) is 18.6 Å². The maximum absolute atomic E-state index is 13.3. The highest BCUT2D eigenvalue weighted by molar-refractivity contribution is 5.74. The number of nitrogens with zero attached hydrogens (tertiary/aromatic N) is 1. The largest absolute Gasteiger partial charge is 0.460 e. The predicted molar refractivity (Wildman–Crippen MR) is 128 cm³/mol. The van der Waals surface area contributed by atoms with Gasteiger partial charge in [-0.3, -0.25) is 9.69 Å². The van der Waals surface area contributed by atoms with Crippen LogP contribution in [0.4, 0.5) is 0 Å². The Kier molecular flexibility index (Phi) is 7.59. The van der Waals surface area contributed by atoms with Crippen molar-refractivity contribution in [3.63, 3.8) is 0 Å². The van der Waals surface area contributed by atoms with Gasteiger partial charge in [-0.15, -0.1) is 0 Å². The molecule has 0 heterocycles. The van der Waals surface area contributed by atoms with E-state index in [-0.39, 0.29) is 24.0 Å². The van der Waals surface area contributed by atoms with Gasteiger partial charge < -0.3 is 4.74 Å². The molecule has 0 bridgehead atoms. The van der Waals surface area contributed by atoms with Crippen molar-refractivity contribution < 1.29 is 9.53 Å². The highest BCUT2D eigenvalue weighted by Crippen LogP contribution is 2.44. The quantitative estimate of drug-likeness (QED) is 0.469. The predicted octanol–water partition coefficient (Wildman–Crippen LogP) is 6.64. The molecule has 31 heavy (non-hydrogen) atoms. The van der Waals surface area contributed by atoms with Crippen LogP contribution in [0.5, 0.6) is 0 Å². The van der Waals surface area contributed by atoms with Crippen LogP contribution >= 0.6 is 0 Å². The number of hydrogen-bond acceptors (Lipinski definition) is 3. The van der Waals surface area contributed by atoms with E-state index in [1.807, 2.05) is 20.8 Å². The number of benzene rings is 2. The summed E-state index contributed by atoms with van der Waals surface area (Å²) in [6.07, 6.45) is 1.97. The fourth-order valence-electron chi connectivity index (χ4n) is 5.07. The molecule has 0 unspecified atom stereocenters. The standard InChI is InChI=1S/C28H39NO2/c1-20(2)24-17-18-25(27(30)31-28(4,5)6)26(24)29(19-22-13-9-7-10-14-22)21(3)23-15-11-8-12-16-23/h7-16,20-21,24-26H,17-19H2,1-6H3/t21-,24+,25-,26+/m0/s1. The van der Waals surface area contributed by atoms with Crippen LogP contribution in [0, 0.1) is 17.8 Å². The molecular weight excluding hydrogens is 382 g/mol. The van der Waals surface area contributed by atoms with E-state index >= 15 is 0 Å². The lowest BCUT2D eigenvalue weighted by molar-refractivity contribution is -0.162. The number of ether oxygens (including phenoxy) is 1. The number of carbonyl (C=O) groups excluding carboxylic acids is 1. The Bertz CT molecular complexity index is 825. The molecule has 0 spiro atoms. The summed E-state index contributed by atoms with van der Waals surface area (Å²) < 4.78 is 5.90. The Morgan fingerprint density at radius 1 is 0.968 bits per heavy atom. The van der Waals surface area contributed by atoms with E-state index in [9.17, 15) is 4.79 Å². The van der Waals surface area contributed by atoms with Gasteiger partial charge in [0.05, 0.1) is 5.92 Å². The summed E-state index contributed by atoms with van der Waals surface area (Å²) in [6.45, 7) is 13.6. The monoisotopic (exact) mass is 421 g/mol. The molecule has 0 amide bonds. The lowest BCUT2D eigenvalue weighted by atomic mass is 9.85. The van der Waals surface area contributed by atoms with E-state index in [4.69, 9.17) is 4.74 Å². The van der Waals surface area contributed by atoms with Gasteiger partial charge in [-0.1, -0.05) is 74.5 Å². The van der Waals surface area contributed by atoms with Crippen LogP contribution in [0.3, 0.4) is 0 Å². The molecule has 168 valence electrons. The van der Waals surface area contributed by atoms with Crippen molar-refractivity contribution in [2.75, 3.05) is 0 Å². The third kappa shape index (κ3) is 5.98. The summed E-state index contributed by atoms with van der Waals surface area (Å²) in [5.74, 6) is 0.839. The normalized spacial score (nSPS) is 22.6. The number of hydrogen-bond donors (Lipinski definition) is 0. The first-order chi connectivity index (χ1) is 14.7. The van der Waals surface area contributed by atoms with Gasteiger partial charge in [-0.25, -0.2) is 0 Å². The zero-order valence-corrected chi connectivity index (χ0v) is 20.0. The average molecular weight is 422 g/mol. The number of rotatable bonds is 7. The first-order valence-electron chi connectivity index (χ1n) is 11.7. The molecule has 0 N–H and O–H groups in total. The summed E-state index contributed by atoms with van der Waals surface area (Å²) in [7, 11) is 0. The molecule has 3 heteroatoms. The Balaban J connectivity index is 2.00. The topological polar surface area (TPSA) is 29.5 Å². The molecule has 1 fully saturated rings. The molecule has 1 aliphatic rings. The van der Waals surface area contributed by atoms with Crippen LogP contribution in [0.25, 0.3) is 0 Å². The molecule has 0 radical (unpaired) electrons. The van der Waals surface area contributed by atoms with Gasteiger partial charge in [-0.05, 0) is 63.5 Å². The van der Waals surface area contributed by atoms with Gasteiger partial charge >= 0.3 is 5.97 Å². The molecule has 1 saturated carbocycles. The maximum Gasteiger partial charge on any atom is 0.311 e. The van der Waals surface area contributed by atoms with Crippen molar-refractivity contribution >= 4 is 5.97 Å². The molecule has 4 atom stereocenters. The first-order valence-corrected chi connectivity index (χ1v) is 11.7. The number of carbonyl (C=O) groups is 1. The van der Waals surface area contributed by atoms with E-state index < -0.39 is 5.60 Å². The smallest absolute Gasteiger partial charge is 0.311 e. The van der Waals surface area contributed by atoms with Crippen LogP contribution in [0.1, 0.15) is 71.6 Å².